The van der Waals surface area contributed by atoms with E-state index in [1.54, 1.807) is 38.3 Å². The molecule has 0 aliphatic rings. The van der Waals surface area contributed by atoms with Crippen LogP contribution in [0.1, 0.15) is 21.6 Å². The third-order valence-electron chi connectivity index (χ3n) is 4.45. The van der Waals surface area contributed by atoms with Crippen molar-refractivity contribution < 1.29 is 14.3 Å². The number of anilines is 1. The first-order chi connectivity index (χ1) is 12.4. The average Bonchev–Trinajstić information content (AvgIpc) is 2.65. The summed E-state index contributed by atoms with van der Waals surface area (Å²) in [5.74, 6) is 1.08. The van der Waals surface area contributed by atoms with Crippen LogP contribution < -0.4 is 14.4 Å². The smallest absolute Gasteiger partial charge is 0.259 e. The number of amides is 1. The topological polar surface area (TPSA) is 51.7 Å². The van der Waals surface area contributed by atoms with Gasteiger partial charge in [0, 0.05) is 24.2 Å². The number of ether oxygens (including phenoxy) is 2. The maximum absolute atomic E-state index is 13.0. The lowest BCUT2D eigenvalue weighted by molar-refractivity contribution is 0.0992. The molecule has 1 heterocycles. The number of nitrogens with zero attached hydrogens (tertiary/aromatic N) is 2. The standard InChI is InChI=1S/C21H22N2O3/c1-13-6-7-15-11-17(14(2)22-18(15)10-13)21(24)23(3)16-8-9-19(25-4)20(12-16)26-5/h6-12H,1-5H3. The van der Waals surface area contributed by atoms with Crippen LogP contribution in [0.15, 0.2) is 42.5 Å². The van der Waals surface area contributed by atoms with Crippen molar-refractivity contribution in [2.75, 3.05) is 26.2 Å². The van der Waals surface area contributed by atoms with Gasteiger partial charge in [0.05, 0.1) is 31.0 Å². The van der Waals surface area contributed by atoms with Crippen molar-refractivity contribution in [3.63, 3.8) is 0 Å². The number of fused-ring (bicyclic) bond motifs is 1. The molecule has 0 aliphatic heterocycles. The molecule has 3 rings (SSSR count). The number of methoxy groups -OCH3 is 2. The molecule has 0 saturated carbocycles. The summed E-state index contributed by atoms with van der Waals surface area (Å²) in [4.78, 5) is 19.2. The van der Waals surface area contributed by atoms with E-state index in [0.29, 0.717) is 22.8 Å². The molecule has 0 radical (unpaired) electrons. The lowest BCUT2D eigenvalue weighted by atomic mass is 10.1. The lowest BCUT2D eigenvalue weighted by Crippen LogP contribution is -2.27. The highest BCUT2D eigenvalue weighted by Gasteiger charge is 2.19. The van der Waals surface area contributed by atoms with Crippen molar-refractivity contribution in [1.82, 2.24) is 4.98 Å². The highest BCUT2D eigenvalue weighted by molar-refractivity contribution is 6.08. The highest BCUT2D eigenvalue weighted by Crippen LogP contribution is 2.32. The van der Waals surface area contributed by atoms with E-state index in [-0.39, 0.29) is 5.91 Å². The molecule has 0 atom stereocenters. The van der Waals surface area contributed by atoms with E-state index in [9.17, 15) is 4.79 Å². The van der Waals surface area contributed by atoms with Crippen LogP contribution >= 0.6 is 0 Å². The molecule has 134 valence electrons. The Labute approximate surface area is 153 Å². The van der Waals surface area contributed by atoms with E-state index in [1.165, 1.54) is 0 Å². The van der Waals surface area contributed by atoms with Gasteiger partial charge in [-0.1, -0.05) is 12.1 Å². The van der Waals surface area contributed by atoms with Gasteiger partial charge in [-0.2, -0.15) is 0 Å². The van der Waals surface area contributed by atoms with Crippen molar-refractivity contribution in [2.45, 2.75) is 13.8 Å². The van der Waals surface area contributed by atoms with Gasteiger partial charge in [0.2, 0.25) is 0 Å². The summed E-state index contributed by atoms with van der Waals surface area (Å²) >= 11 is 0. The molecule has 3 aromatic rings. The van der Waals surface area contributed by atoms with E-state index in [2.05, 4.69) is 4.98 Å². The Balaban J connectivity index is 1.99. The Bertz CT molecular complexity index is 982. The number of pyridine rings is 1. The average molecular weight is 350 g/mol. The molecule has 1 aromatic heterocycles. The maximum atomic E-state index is 13.0. The van der Waals surface area contributed by atoms with Crippen molar-refractivity contribution in [2.24, 2.45) is 0 Å². The molecule has 0 unspecified atom stereocenters. The Morgan fingerprint density at radius 2 is 1.69 bits per heavy atom. The molecular formula is C21H22N2O3. The Hall–Kier alpha value is -3.08. The van der Waals surface area contributed by atoms with Gasteiger partial charge in [0.15, 0.2) is 11.5 Å². The van der Waals surface area contributed by atoms with Gasteiger partial charge in [-0.25, -0.2) is 0 Å². The number of benzene rings is 2. The zero-order valence-corrected chi connectivity index (χ0v) is 15.7. The molecule has 0 fully saturated rings. The monoisotopic (exact) mass is 350 g/mol. The molecule has 2 aromatic carbocycles. The Morgan fingerprint density at radius 1 is 0.962 bits per heavy atom. The van der Waals surface area contributed by atoms with Crippen LogP contribution in [0.2, 0.25) is 0 Å². The Kier molecular flexibility index (Phi) is 4.80. The van der Waals surface area contributed by atoms with Crippen LogP contribution in [0.3, 0.4) is 0 Å². The number of rotatable bonds is 4. The molecule has 5 nitrogen and oxygen atoms in total. The quantitative estimate of drug-likeness (QED) is 0.709. The summed E-state index contributed by atoms with van der Waals surface area (Å²) < 4.78 is 10.6. The minimum Gasteiger partial charge on any atom is -0.493 e. The first-order valence-corrected chi connectivity index (χ1v) is 8.32. The van der Waals surface area contributed by atoms with Gasteiger partial charge < -0.3 is 14.4 Å². The molecule has 0 spiro atoms. The molecule has 5 heteroatoms. The van der Waals surface area contributed by atoms with Crippen LogP contribution in [0, 0.1) is 13.8 Å². The predicted molar refractivity (Wildman–Crippen MR) is 103 cm³/mol. The van der Waals surface area contributed by atoms with Crippen LogP contribution in [0.5, 0.6) is 11.5 Å². The van der Waals surface area contributed by atoms with E-state index < -0.39 is 0 Å². The first-order valence-electron chi connectivity index (χ1n) is 8.32. The minimum absolute atomic E-state index is 0.121. The SMILES string of the molecule is COc1ccc(N(C)C(=O)c2cc3ccc(C)cc3nc2C)cc1OC. The van der Waals surface area contributed by atoms with Crippen LogP contribution in [0.4, 0.5) is 5.69 Å². The second-order valence-corrected chi connectivity index (χ2v) is 6.22. The summed E-state index contributed by atoms with van der Waals surface area (Å²) in [7, 11) is 4.89. The first kappa shape index (κ1) is 17.7. The van der Waals surface area contributed by atoms with Crippen molar-refractivity contribution >= 4 is 22.5 Å². The summed E-state index contributed by atoms with van der Waals surface area (Å²) in [6, 6.07) is 13.3. The fourth-order valence-corrected chi connectivity index (χ4v) is 2.92. The molecule has 26 heavy (non-hydrogen) atoms. The molecular weight excluding hydrogens is 328 g/mol. The second-order valence-electron chi connectivity index (χ2n) is 6.22. The molecule has 0 saturated heterocycles. The van der Waals surface area contributed by atoms with E-state index >= 15 is 0 Å². The molecule has 0 N–H and O–H groups in total. The molecule has 1 amide bonds. The van der Waals surface area contributed by atoms with Gasteiger partial charge in [0.25, 0.3) is 5.91 Å². The van der Waals surface area contributed by atoms with Crippen molar-refractivity contribution in [3.8, 4) is 11.5 Å². The van der Waals surface area contributed by atoms with E-state index in [1.807, 2.05) is 44.2 Å². The van der Waals surface area contributed by atoms with Gasteiger partial charge in [-0.15, -0.1) is 0 Å². The number of carbonyl (C=O) groups excluding carboxylic acids is 1. The normalized spacial score (nSPS) is 10.7. The van der Waals surface area contributed by atoms with Crippen molar-refractivity contribution in [3.05, 3.63) is 59.3 Å². The minimum atomic E-state index is -0.121. The lowest BCUT2D eigenvalue weighted by Gasteiger charge is -2.20. The summed E-state index contributed by atoms with van der Waals surface area (Å²) in [5.41, 5.74) is 4.05. The predicted octanol–water partition coefficient (Wildman–Crippen LogP) is 4.15. The number of hydrogen-bond acceptors (Lipinski definition) is 4. The zero-order chi connectivity index (χ0) is 18.8. The van der Waals surface area contributed by atoms with E-state index in [4.69, 9.17) is 9.47 Å². The van der Waals surface area contributed by atoms with Gasteiger partial charge in [-0.05, 0) is 43.7 Å². The van der Waals surface area contributed by atoms with Gasteiger partial charge >= 0.3 is 0 Å². The van der Waals surface area contributed by atoms with Crippen molar-refractivity contribution in [1.29, 1.82) is 0 Å². The maximum Gasteiger partial charge on any atom is 0.259 e. The second kappa shape index (κ2) is 7.04. The highest BCUT2D eigenvalue weighted by atomic mass is 16.5. The largest absolute Gasteiger partial charge is 0.493 e. The number of carbonyl (C=O) groups is 1. The van der Waals surface area contributed by atoms with Gasteiger partial charge in [0.1, 0.15) is 0 Å². The van der Waals surface area contributed by atoms with E-state index in [0.717, 1.165) is 22.2 Å². The summed E-state index contributed by atoms with van der Waals surface area (Å²) in [6.45, 7) is 3.89. The fourth-order valence-electron chi connectivity index (χ4n) is 2.92. The van der Waals surface area contributed by atoms with Crippen LogP contribution in [0.25, 0.3) is 10.9 Å². The third kappa shape index (κ3) is 3.20. The van der Waals surface area contributed by atoms with Crippen LogP contribution in [-0.4, -0.2) is 32.2 Å². The van der Waals surface area contributed by atoms with Crippen LogP contribution in [-0.2, 0) is 0 Å². The third-order valence-corrected chi connectivity index (χ3v) is 4.45. The number of aryl methyl sites for hydroxylation is 2. The van der Waals surface area contributed by atoms with Gasteiger partial charge in [-0.3, -0.25) is 9.78 Å². The summed E-state index contributed by atoms with van der Waals surface area (Å²) in [5, 5.41) is 0.949. The summed E-state index contributed by atoms with van der Waals surface area (Å²) in [6.07, 6.45) is 0. The fraction of sp³-hybridized carbons (Fsp3) is 0.238. The number of aromatic nitrogens is 1. The molecule has 0 aliphatic carbocycles. The number of hydrogen-bond donors (Lipinski definition) is 0. The Morgan fingerprint density at radius 3 is 2.38 bits per heavy atom. The zero-order valence-electron chi connectivity index (χ0n) is 15.7. The molecule has 0 bridgehead atoms.